The molecule has 5 rings (SSSR count). The average Bonchev–Trinajstić information content (AvgIpc) is 3.31. The first-order chi connectivity index (χ1) is 16.6. The van der Waals surface area contributed by atoms with Gasteiger partial charge in [0.2, 0.25) is 5.89 Å². The summed E-state index contributed by atoms with van der Waals surface area (Å²) in [6.07, 6.45) is 4.32. The van der Waals surface area contributed by atoms with Crippen LogP contribution in [0.5, 0.6) is 11.5 Å². The minimum absolute atomic E-state index is 0.372. The highest BCUT2D eigenvalue weighted by molar-refractivity contribution is 5.96. The first kappa shape index (κ1) is 21.5. The van der Waals surface area contributed by atoms with Gasteiger partial charge in [0.25, 0.3) is 0 Å². The van der Waals surface area contributed by atoms with Crippen molar-refractivity contribution < 1.29 is 23.4 Å². The van der Waals surface area contributed by atoms with E-state index in [9.17, 15) is 4.79 Å². The summed E-state index contributed by atoms with van der Waals surface area (Å²) in [5.74, 6) is 1.27. The lowest BCUT2D eigenvalue weighted by molar-refractivity contribution is 0.0601. The maximum Gasteiger partial charge on any atom is 0.338 e. The predicted octanol–water partition coefficient (Wildman–Crippen LogP) is 5.44. The Labute approximate surface area is 195 Å². The minimum Gasteiger partial charge on any atom is -0.493 e. The van der Waals surface area contributed by atoms with E-state index in [1.807, 2.05) is 48.8 Å². The van der Waals surface area contributed by atoms with Gasteiger partial charge in [0.05, 0.1) is 32.5 Å². The smallest absolute Gasteiger partial charge is 0.338 e. The number of rotatable bonds is 6. The molecule has 0 amide bonds. The van der Waals surface area contributed by atoms with Crippen molar-refractivity contribution in [1.82, 2.24) is 9.97 Å². The molecular weight excluding hydrogens is 432 g/mol. The number of carbonyl (C=O) groups excluding carboxylic acids is 1. The number of hydrogen-bond donors (Lipinski definition) is 0. The van der Waals surface area contributed by atoms with Crippen LogP contribution in [0.1, 0.15) is 21.5 Å². The number of oxazole rings is 1. The number of hydrogen-bond acceptors (Lipinski definition) is 7. The zero-order chi connectivity index (χ0) is 23.7. The molecule has 3 aromatic carbocycles. The number of benzene rings is 3. The molecule has 7 nitrogen and oxygen atoms in total. The van der Waals surface area contributed by atoms with Crippen LogP contribution >= 0.6 is 0 Å². The van der Waals surface area contributed by atoms with E-state index in [1.54, 1.807) is 32.4 Å². The van der Waals surface area contributed by atoms with Crippen molar-refractivity contribution in [3.8, 4) is 23.0 Å². The van der Waals surface area contributed by atoms with Gasteiger partial charge in [0, 0.05) is 17.8 Å². The van der Waals surface area contributed by atoms with Crippen LogP contribution in [-0.4, -0.2) is 37.3 Å². The number of esters is 1. The molecule has 0 aliphatic heterocycles. The lowest BCUT2D eigenvalue weighted by Crippen LogP contribution is -2.03. The standard InChI is InChI=1S/C27H22N2O5/c1-31-24-12-18-15-28-14-17(21(18)13-25(24)32-2)10-16-8-9-23-22(11-16)29-26(34-23)19-6-4-5-7-20(19)27(30)33-3/h4-9,11-15H,10H2,1-3H3. The summed E-state index contributed by atoms with van der Waals surface area (Å²) >= 11 is 0. The van der Waals surface area contributed by atoms with Gasteiger partial charge in [-0.15, -0.1) is 0 Å². The van der Waals surface area contributed by atoms with E-state index in [2.05, 4.69) is 9.97 Å². The van der Waals surface area contributed by atoms with Gasteiger partial charge in [-0.3, -0.25) is 4.98 Å². The van der Waals surface area contributed by atoms with E-state index in [1.165, 1.54) is 7.11 Å². The van der Waals surface area contributed by atoms with Crippen LogP contribution in [-0.2, 0) is 11.2 Å². The van der Waals surface area contributed by atoms with Gasteiger partial charge in [-0.1, -0.05) is 18.2 Å². The fraction of sp³-hybridized carbons (Fsp3) is 0.148. The third kappa shape index (κ3) is 3.81. The van der Waals surface area contributed by atoms with Crippen molar-refractivity contribution in [2.75, 3.05) is 21.3 Å². The molecule has 2 heterocycles. The van der Waals surface area contributed by atoms with Crippen LogP contribution in [0.4, 0.5) is 0 Å². The molecule has 7 heteroatoms. The number of ether oxygens (including phenoxy) is 3. The number of carbonyl (C=O) groups is 1. The second kappa shape index (κ2) is 8.86. The largest absolute Gasteiger partial charge is 0.493 e. The van der Waals surface area contributed by atoms with Gasteiger partial charge in [0.1, 0.15) is 5.52 Å². The van der Waals surface area contributed by atoms with Crippen LogP contribution in [0.2, 0.25) is 0 Å². The molecule has 34 heavy (non-hydrogen) atoms. The molecule has 0 radical (unpaired) electrons. The molecule has 5 aromatic rings. The fourth-order valence-corrected chi connectivity index (χ4v) is 4.07. The van der Waals surface area contributed by atoms with E-state index >= 15 is 0 Å². The monoisotopic (exact) mass is 454 g/mol. The van der Waals surface area contributed by atoms with Crippen LogP contribution in [0, 0.1) is 0 Å². The van der Waals surface area contributed by atoms with E-state index in [0.29, 0.717) is 46.0 Å². The summed E-state index contributed by atoms with van der Waals surface area (Å²) in [4.78, 5) is 21.2. The Kier molecular flexibility index (Phi) is 5.59. The normalized spacial score (nSPS) is 11.0. The molecule has 0 aliphatic rings. The topological polar surface area (TPSA) is 83.7 Å². The van der Waals surface area contributed by atoms with Crippen LogP contribution in [0.15, 0.2) is 71.4 Å². The quantitative estimate of drug-likeness (QED) is 0.316. The molecule has 0 saturated carbocycles. The van der Waals surface area contributed by atoms with Crippen molar-refractivity contribution in [2.45, 2.75) is 6.42 Å². The highest BCUT2D eigenvalue weighted by Gasteiger charge is 2.18. The summed E-state index contributed by atoms with van der Waals surface area (Å²) in [5, 5.41) is 2.01. The van der Waals surface area contributed by atoms with Gasteiger partial charge in [0.15, 0.2) is 17.1 Å². The Morgan fingerprint density at radius 2 is 1.74 bits per heavy atom. The van der Waals surface area contributed by atoms with Gasteiger partial charge >= 0.3 is 5.97 Å². The van der Waals surface area contributed by atoms with Gasteiger partial charge in [-0.25, -0.2) is 9.78 Å². The molecule has 0 fully saturated rings. The van der Waals surface area contributed by atoms with Crippen molar-refractivity contribution in [1.29, 1.82) is 0 Å². The maximum atomic E-state index is 12.2. The Bertz CT molecular complexity index is 1520. The average molecular weight is 454 g/mol. The Hall–Kier alpha value is -4.39. The summed E-state index contributed by atoms with van der Waals surface area (Å²) in [7, 11) is 4.59. The van der Waals surface area contributed by atoms with Crippen molar-refractivity contribution >= 4 is 27.8 Å². The summed E-state index contributed by atoms with van der Waals surface area (Å²) < 4.78 is 21.8. The zero-order valence-electron chi connectivity index (χ0n) is 19.0. The Morgan fingerprint density at radius 1 is 0.941 bits per heavy atom. The number of pyridine rings is 1. The van der Waals surface area contributed by atoms with Crippen molar-refractivity contribution in [3.05, 3.63) is 83.7 Å². The number of fused-ring (bicyclic) bond motifs is 2. The van der Waals surface area contributed by atoms with Crippen molar-refractivity contribution in [2.24, 2.45) is 0 Å². The molecule has 2 aromatic heterocycles. The summed E-state index contributed by atoms with van der Waals surface area (Å²) in [6.45, 7) is 0. The highest BCUT2D eigenvalue weighted by atomic mass is 16.5. The maximum absolute atomic E-state index is 12.2. The molecule has 0 aliphatic carbocycles. The lowest BCUT2D eigenvalue weighted by Gasteiger charge is -2.11. The first-order valence-electron chi connectivity index (χ1n) is 10.7. The third-order valence-corrected chi connectivity index (χ3v) is 5.75. The third-order valence-electron chi connectivity index (χ3n) is 5.75. The van der Waals surface area contributed by atoms with Crippen LogP contribution in [0.3, 0.4) is 0 Å². The number of nitrogens with zero attached hydrogens (tertiary/aromatic N) is 2. The summed E-state index contributed by atoms with van der Waals surface area (Å²) in [6, 6.07) is 16.9. The van der Waals surface area contributed by atoms with Gasteiger partial charge in [-0.2, -0.15) is 0 Å². The Balaban J connectivity index is 1.52. The van der Waals surface area contributed by atoms with E-state index in [4.69, 9.17) is 18.6 Å². The molecular formula is C27H22N2O5. The molecule has 0 unspecified atom stereocenters. The van der Waals surface area contributed by atoms with Crippen LogP contribution < -0.4 is 9.47 Å². The van der Waals surface area contributed by atoms with Crippen LogP contribution in [0.25, 0.3) is 33.3 Å². The summed E-state index contributed by atoms with van der Waals surface area (Å²) in [5.41, 5.74) is 4.45. The van der Waals surface area contributed by atoms with Gasteiger partial charge < -0.3 is 18.6 Å². The minimum atomic E-state index is -0.436. The van der Waals surface area contributed by atoms with Gasteiger partial charge in [-0.05, 0) is 59.3 Å². The second-order valence-electron chi connectivity index (χ2n) is 7.76. The second-order valence-corrected chi connectivity index (χ2v) is 7.76. The Morgan fingerprint density at radius 3 is 2.53 bits per heavy atom. The molecule has 0 saturated heterocycles. The van der Waals surface area contributed by atoms with E-state index in [-0.39, 0.29) is 0 Å². The first-order valence-corrected chi connectivity index (χ1v) is 10.7. The van der Waals surface area contributed by atoms with E-state index in [0.717, 1.165) is 21.9 Å². The predicted molar refractivity (Wildman–Crippen MR) is 128 cm³/mol. The van der Waals surface area contributed by atoms with E-state index < -0.39 is 5.97 Å². The molecule has 0 spiro atoms. The van der Waals surface area contributed by atoms with Crippen molar-refractivity contribution in [3.63, 3.8) is 0 Å². The lowest BCUT2D eigenvalue weighted by atomic mass is 10.00. The molecule has 0 atom stereocenters. The number of methoxy groups -OCH3 is 3. The highest BCUT2D eigenvalue weighted by Crippen LogP contribution is 2.34. The fourth-order valence-electron chi connectivity index (χ4n) is 4.07. The molecule has 0 bridgehead atoms. The SMILES string of the molecule is COC(=O)c1ccccc1-c1nc2cc(Cc3cncc4cc(OC)c(OC)cc34)ccc2o1. The molecule has 170 valence electrons. The number of aromatic nitrogens is 2. The zero-order valence-corrected chi connectivity index (χ0v) is 19.0. The molecule has 0 N–H and O–H groups in total.